The van der Waals surface area contributed by atoms with Crippen molar-refractivity contribution in [2.24, 2.45) is 0 Å². The topological polar surface area (TPSA) is 106 Å². The molecular weight excluding hydrogens is 408 g/mol. The minimum Gasteiger partial charge on any atom is -0.357 e. The molecule has 1 fully saturated rings. The van der Waals surface area contributed by atoms with Crippen molar-refractivity contribution in [3.8, 4) is 0 Å². The summed E-state index contributed by atoms with van der Waals surface area (Å²) in [4.78, 5) is 30.1. The summed E-state index contributed by atoms with van der Waals surface area (Å²) in [7, 11) is 0. The van der Waals surface area contributed by atoms with Gasteiger partial charge >= 0.3 is 5.69 Å². The molecule has 1 saturated heterocycles. The summed E-state index contributed by atoms with van der Waals surface area (Å²) >= 11 is 0. The molecule has 1 N–H and O–H groups in total. The van der Waals surface area contributed by atoms with Gasteiger partial charge in [-0.25, -0.2) is 4.98 Å². The van der Waals surface area contributed by atoms with Crippen molar-refractivity contribution in [1.82, 2.24) is 14.8 Å². The van der Waals surface area contributed by atoms with Gasteiger partial charge in [0.25, 0.3) is 5.91 Å². The first-order chi connectivity index (χ1) is 15.4. The molecule has 0 radical (unpaired) electrons. The summed E-state index contributed by atoms with van der Waals surface area (Å²) in [6.45, 7) is 5.75. The maximum Gasteiger partial charge on any atom is 0.312 e. The zero-order valence-electron chi connectivity index (χ0n) is 18.2. The van der Waals surface area contributed by atoms with Crippen LogP contribution < -0.4 is 10.2 Å². The van der Waals surface area contributed by atoms with Crippen LogP contribution in [0.2, 0.25) is 0 Å². The fourth-order valence-electron chi connectivity index (χ4n) is 4.01. The van der Waals surface area contributed by atoms with E-state index in [1.165, 1.54) is 19.3 Å². The first kappa shape index (κ1) is 21.5. The number of hydrogen-bond donors (Lipinski definition) is 1. The van der Waals surface area contributed by atoms with Crippen LogP contribution in [-0.2, 0) is 6.54 Å². The van der Waals surface area contributed by atoms with Crippen molar-refractivity contribution in [3.63, 3.8) is 0 Å². The van der Waals surface area contributed by atoms with Crippen molar-refractivity contribution in [2.75, 3.05) is 23.3 Å². The van der Waals surface area contributed by atoms with Crippen molar-refractivity contribution < 1.29 is 9.72 Å². The smallest absolute Gasteiger partial charge is 0.312 e. The van der Waals surface area contributed by atoms with Crippen molar-refractivity contribution in [2.45, 2.75) is 39.7 Å². The molecule has 2 aromatic heterocycles. The quantitative estimate of drug-likeness (QED) is 0.463. The van der Waals surface area contributed by atoms with E-state index in [1.54, 1.807) is 36.9 Å². The Labute approximate surface area is 186 Å². The fraction of sp³-hybridized carbons (Fsp3) is 0.348. The minimum absolute atomic E-state index is 0.0425. The number of nitrogens with zero attached hydrogens (tertiary/aromatic N) is 5. The summed E-state index contributed by atoms with van der Waals surface area (Å²) in [5, 5.41) is 18.3. The molecule has 3 heterocycles. The highest BCUT2D eigenvalue weighted by Crippen LogP contribution is 2.23. The number of pyridine rings is 1. The number of aromatic nitrogens is 3. The number of nitrogens with one attached hydrogen (secondary N) is 1. The molecule has 0 saturated carbocycles. The van der Waals surface area contributed by atoms with Crippen LogP contribution in [-0.4, -0.2) is 38.7 Å². The van der Waals surface area contributed by atoms with Crippen LogP contribution in [0.15, 0.2) is 42.6 Å². The fourth-order valence-corrected chi connectivity index (χ4v) is 4.01. The Morgan fingerprint density at radius 1 is 1.09 bits per heavy atom. The average Bonchev–Trinajstić information content (AvgIpc) is 3.08. The van der Waals surface area contributed by atoms with Gasteiger partial charge < -0.3 is 10.2 Å². The highest BCUT2D eigenvalue weighted by Gasteiger charge is 2.21. The van der Waals surface area contributed by atoms with Gasteiger partial charge in [0.2, 0.25) is 0 Å². The maximum absolute atomic E-state index is 12.6. The van der Waals surface area contributed by atoms with Gasteiger partial charge in [0, 0.05) is 18.7 Å². The number of anilines is 2. The average molecular weight is 435 g/mol. The minimum atomic E-state index is -0.407. The Balaban J connectivity index is 1.39. The second-order valence-corrected chi connectivity index (χ2v) is 8.04. The van der Waals surface area contributed by atoms with E-state index in [2.05, 4.69) is 20.3 Å². The van der Waals surface area contributed by atoms with Gasteiger partial charge in [-0.1, -0.05) is 12.1 Å². The molecule has 166 valence electrons. The van der Waals surface area contributed by atoms with E-state index < -0.39 is 4.92 Å². The Kier molecular flexibility index (Phi) is 6.16. The zero-order chi connectivity index (χ0) is 22.7. The number of amides is 1. The second kappa shape index (κ2) is 9.17. The molecule has 0 aliphatic carbocycles. The van der Waals surface area contributed by atoms with Crippen LogP contribution in [0.4, 0.5) is 17.2 Å². The summed E-state index contributed by atoms with van der Waals surface area (Å²) in [5.74, 6) is 0.724. The first-order valence-corrected chi connectivity index (χ1v) is 10.7. The van der Waals surface area contributed by atoms with Gasteiger partial charge in [-0.05, 0) is 62.9 Å². The molecule has 9 heteroatoms. The summed E-state index contributed by atoms with van der Waals surface area (Å²) in [5.41, 5.74) is 3.01. The van der Waals surface area contributed by atoms with E-state index in [4.69, 9.17) is 0 Å². The molecule has 32 heavy (non-hydrogen) atoms. The van der Waals surface area contributed by atoms with E-state index in [0.29, 0.717) is 29.2 Å². The van der Waals surface area contributed by atoms with E-state index in [0.717, 1.165) is 24.5 Å². The van der Waals surface area contributed by atoms with Gasteiger partial charge in [0.05, 0.1) is 23.4 Å². The van der Waals surface area contributed by atoms with Crippen LogP contribution in [0.5, 0.6) is 0 Å². The first-order valence-electron chi connectivity index (χ1n) is 10.7. The molecule has 1 aliphatic heterocycles. The maximum atomic E-state index is 12.6. The molecule has 9 nitrogen and oxygen atoms in total. The predicted octanol–water partition coefficient (Wildman–Crippen LogP) is 4.09. The van der Waals surface area contributed by atoms with E-state index in [-0.39, 0.29) is 11.6 Å². The zero-order valence-corrected chi connectivity index (χ0v) is 18.2. The molecule has 3 aromatic rings. The highest BCUT2D eigenvalue weighted by molar-refractivity contribution is 6.04. The largest absolute Gasteiger partial charge is 0.357 e. The van der Waals surface area contributed by atoms with Gasteiger partial charge in [-0.3, -0.25) is 19.6 Å². The summed E-state index contributed by atoms with van der Waals surface area (Å²) < 4.78 is 1.61. The number of hydrogen-bond acceptors (Lipinski definition) is 6. The lowest BCUT2D eigenvalue weighted by Crippen LogP contribution is -2.30. The SMILES string of the molecule is Cc1nn(Cc2ccc(C(=O)Nc3ccc(N4CCCCC4)nc3)cc2)c(C)c1[N+](=O)[O-]. The Hall–Kier alpha value is -3.75. The molecule has 1 aromatic carbocycles. The Bertz CT molecular complexity index is 1120. The van der Waals surface area contributed by atoms with Crippen LogP contribution in [0, 0.1) is 24.0 Å². The highest BCUT2D eigenvalue weighted by atomic mass is 16.6. The normalized spacial score (nSPS) is 13.8. The molecule has 4 rings (SSSR count). The standard InChI is InChI=1S/C23H26N6O3/c1-16-22(29(31)32)17(2)28(26-16)15-18-6-8-19(9-7-18)23(30)25-20-10-11-21(24-14-20)27-12-4-3-5-13-27/h6-11,14H,3-5,12-13,15H2,1-2H3,(H,25,30). The molecule has 1 aliphatic rings. The number of nitro groups is 1. The summed E-state index contributed by atoms with van der Waals surface area (Å²) in [6.07, 6.45) is 5.33. The lowest BCUT2D eigenvalue weighted by Gasteiger charge is -2.27. The third kappa shape index (κ3) is 4.61. The third-order valence-corrected chi connectivity index (χ3v) is 5.76. The number of carbonyl (C=O) groups excluding carboxylic acids is 1. The van der Waals surface area contributed by atoms with Crippen LogP contribution >= 0.6 is 0 Å². The number of benzene rings is 1. The number of carbonyl (C=O) groups is 1. The molecule has 0 bridgehead atoms. The van der Waals surface area contributed by atoms with Crippen LogP contribution in [0.1, 0.15) is 46.6 Å². The van der Waals surface area contributed by atoms with E-state index >= 15 is 0 Å². The van der Waals surface area contributed by atoms with Gasteiger partial charge in [0.15, 0.2) is 0 Å². The second-order valence-electron chi connectivity index (χ2n) is 8.04. The molecule has 0 atom stereocenters. The van der Waals surface area contributed by atoms with Gasteiger partial charge in [-0.2, -0.15) is 5.10 Å². The summed E-state index contributed by atoms with van der Waals surface area (Å²) in [6, 6.07) is 10.9. The molecule has 0 spiro atoms. The number of rotatable bonds is 6. The van der Waals surface area contributed by atoms with Gasteiger partial charge in [0.1, 0.15) is 17.2 Å². The Morgan fingerprint density at radius 2 is 1.81 bits per heavy atom. The van der Waals surface area contributed by atoms with Gasteiger partial charge in [-0.15, -0.1) is 0 Å². The van der Waals surface area contributed by atoms with Crippen LogP contribution in [0.25, 0.3) is 0 Å². The third-order valence-electron chi connectivity index (χ3n) is 5.76. The lowest BCUT2D eigenvalue weighted by atomic mass is 10.1. The lowest BCUT2D eigenvalue weighted by molar-refractivity contribution is -0.386. The monoisotopic (exact) mass is 434 g/mol. The molecule has 1 amide bonds. The van der Waals surface area contributed by atoms with Crippen molar-refractivity contribution in [1.29, 1.82) is 0 Å². The molecular formula is C23H26N6O3. The number of aryl methyl sites for hydroxylation is 1. The van der Waals surface area contributed by atoms with Crippen molar-refractivity contribution >= 4 is 23.1 Å². The van der Waals surface area contributed by atoms with Crippen molar-refractivity contribution in [3.05, 3.63) is 75.2 Å². The predicted molar refractivity (Wildman–Crippen MR) is 122 cm³/mol. The Morgan fingerprint density at radius 3 is 2.41 bits per heavy atom. The molecule has 0 unspecified atom stereocenters. The van der Waals surface area contributed by atoms with Crippen LogP contribution in [0.3, 0.4) is 0 Å². The van der Waals surface area contributed by atoms with E-state index in [9.17, 15) is 14.9 Å². The number of piperidine rings is 1. The van der Waals surface area contributed by atoms with E-state index in [1.807, 2.05) is 24.3 Å².